The topological polar surface area (TPSA) is 66.4 Å². The standard InChI is InChI=1S/C13H16ClNO3S/c1-13(12(17)18,8-2-3-8)15-11(16)7-5-9-4-6-10(14)19-9/h4,6,8H,2-3,5,7H2,1H3,(H,15,16)(H,17,18)/t13-/m1/s1. The second kappa shape index (κ2) is 5.51. The van der Waals surface area contributed by atoms with Crippen molar-refractivity contribution in [3.63, 3.8) is 0 Å². The SMILES string of the molecule is C[C@](NC(=O)CCc1ccc(Cl)s1)(C(=O)O)C1CC1. The summed E-state index contributed by atoms with van der Waals surface area (Å²) in [5.41, 5.74) is -1.12. The molecule has 0 aliphatic heterocycles. The van der Waals surface area contributed by atoms with Crippen molar-refractivity contribution in [2.24, 2.45) is 5.92 Å². The van der Waals surface area contributed by atoms with Crippen LogP contribution in [0.5, 0.6) is 0 Å². The highest BCUT2D eigenvalue weighted by molar-refractivity contribution is 7.16. The Morgan fingerprint density at radius 3 is 2.68 bits per heavy atom. The average Bonchev–Trinajstić information content (AvgIpc) is 3.11. The van der Waals surface area contributed by atoms with Crippen molar-refractivity contribution in [1.82, 2.24) is 5.32 Å². The van der Waals surface area contributed by atoms with Gasteiger partial charge in [0.25, 0.3) is 0 Å². The smallest absolute Gasteiger partial charge is 0.329 e. The normalized spacial score (nSPS) is 17.8. The third-order valence-corrected chi connectivity index (χ3v) is 4.76. The van der Waals surface area contributed by atoms with Gasteiger partial charge in [-0.15, -0.1) is 11.3 Å². The lowest BCUT2D eigenvalue weighted by Crippen LogP contribution is -2.54. The summed E-state index contributed by atoms with van der Waals surface area (Å²) in [4.78, 5) is 24.2. The van der Waals surface area contributed by atoms with E-state index in [1.165, 1.54) is 11.3 Å². The second-order valence-electron chi connectivity index (χ2n) is 5.04. The highest BCUT2D eigenvalue weighted by Gasteiger charge is 2.48. The lowest BCUT2D eigenvalue weighted by atomic mass is 9.95. The molecule has 1 amide bonds. The Morgan fingerprint density at radius 2 is 2.21 bits per heavy atom. The van der Waals surface area contributed by atoms with E-state index >= 15 is 0 Å². The molecular formula is C13H16ClNO3S. The molecule has 0 saturated heterocycles. The lowest BCUT2D eigenvalue weighted by Gasteiger charge is -2.26. The molecule has 1 aliphatic rings. The van der Waals surface area contributed by atoms with Crippen LogP contribution in [0.15, 0.2) is 12.1 Å². The van der Waals surface area contributed by atoms with Crippen LogP contribution in [0, 0.1) is 5.92 Å². The number of hydrogen-bond acceptors (Lipinski definition) is 3. The van der Waals surface area contributed by atoms with E-state index in [9.17, 15) is 14.7 Å². The average molecular weight is 302 g/mol. The summed E-state index contributed by atoms with van der Waals surface area (Å²) in [7, 11) is 0. The van der Waals surface area contributed by atoms with Crippen LogP contribution >= 0.6 is 22.9 Å². The maximum atomic E-state index is 11.9. The van der Waals surface area contributed by atoms with Crippen LogP contribution in [-0.2, 0) is 16.0 Å². The molecule has 0 radical (unpaired) electrons. The van der Waals surface area contributed by atoms with E-state index in [0.717, 1.165) is 17.7 Å². The Hall–Kier alpha value is -1.07. The molecule has 1 aliphatic carbocycles. The van der Waals surface area contributed by atoms with Crippen LogP contribution < -0.4 is 5.32 Å². The minimum atomic E-state index is -1.12. The number of rotatable bonds is 6. The van der Waals surface area contributed by atoms with Crippen LogP contribution in [0.1, 0.15) is 31.1 Å². The number of aliphatic carboxylic acids is 1. The van der Waals surface area contributed by atoms with Gasteiger partial charge in [-0.25, -0.2) is 4.79 Å². The highest BCUT2D eigenvalue weighted by atomic mass is 35.5. The first-order valence-electron chi connectivity index (χ1n) is 6.20. The third kappa shape index (κ3) is 3.48. The van der Waals surface area contributed by atoms with Gasteiger partial charge in [0.2, 0.25) is 5.91 Å². The summed E-state index contributed by atoms with van der Waals surface area (Å²) in [6.07, 6.45) is 2.60. The van der Waals surface area contributed by atoms with Gasteiger partial charge >= 0.3 is 5.97 Å². The van der Waals surface area contributed by atoms with Crippen LogP contribution in [-0.4, -0.2) is 22.5 Å². The summed E-state index contributed by atoms with van der Waals surface area (Å²) in [5.74, 6) is -1.12. The number of halogens is 1. The molecule has 1 fully saturated rings. The molecule has 104 valence electrons. The van der Waals surface area contributed by atoms with E-state index in [0.29, 0.717) is 10.8 Å². The Bertz CT molecular complexity index is 498. The van der Waals surface area contributed by atoms with E-state index < -0.39 is 11.5 Å². The van der Waals surface area contributed by atoms with Crippen LogP contribution in [0.3, 0.4) is 0 Å². The highest BCUT2D eigenvalue weighted by Crippen LogP contribution is 2.39. The molecule has 6 heteroatoms. The van der Waals surface area contributed by atoms with E-state index in [1.807, 2.05) is 6.07 Å². The number of carbonyl (C=O) groups is 2. The number of carbonyl (C=O) groups excluding carboxylic acids is 1. The monoisotopic (exact) mass is 301 g/mol. The second-order valence-corrected chi connectivity index (χ2v) is 6.84. The fraction of sp³-hybridized carbons (Fsp3) is 0.538. The van der Waals surface area contributed by atoms with Crippen molar-refractivity contribution in [2.45, 2.75) is 38.1 Å². The van der Waals surface area contributed by atoms with Crippen molar-refractivity contribution < 1.29 is 14.7 Å². The molecule has 1 atom stereocenters. The van der Waals surface area contributed by atoms with Gasteiger partial charge in [0.05, 0.1) is 4.34 Å². The van der Waals surface area contributed by atoms with Gasteiger partial charge in [-0.1, -0.05) is 11.6 Å². The molecular weight excluding hydrogens is 286 g/mol. The molecule has 0 spiro atoms. The van der Waals surface area contributed by atoms with Gasteiger partial charge in [0, 0.05) is 11.3 Å². The fourth-order valence-corrected chi connectivity index (χ4v) is 3.15. The Balaban J connectivity index is 1.88. The first kappa shape index (κ1) is 14.3. The van der Waals surface area contributed by atoms with E-state index in [4.69, 9.17) is 11.6 Å². The number of aryl methyl sites for hydroxylation is 1. The molecule has 1 aromatic rings. The van der Waals surface area contributed by atoms with Gasteiger partial charge < -0.3 is 10.4 Å². The minimum absolute atomic E-state index is 0.0603. The molecule has 4 nitrogen and oxygen atoms in total. The van der Waals surface area contributed by atoms with E-state index in [2.05, 4.69) is 5.32 Å². The van der Waals surface area contributed by atoms with Crippen molar-refractivity contribution in [3.05, 3.63) is 21.3 Å². The van der Waals surface area contributed by atoms with Gasteiger partial charge in [-0.05, 0) is 44.2 Å². The molecule has 0 aromatic carbocycles. The maximum Gasteiger partial charge on any atom is 0.329 e. The largest absolute Gasteiger partial charge is 0.480 e. The third-order valence-electron chi connectivity index (χ3n) is 3.46. The number of carboxylic acids is 1. The van der Waals surface area contributed by atoms with Crippen molar-refractivity contribution in [2.75, 3.05) is 0 Å². The zero-order chi connectivity index (χ0) is 14.0. The predicted octanol–water partition coefficient (Wildman–Crippen LogP) is 2.70. The van der Waals surface area contributed by atoms with Crippen molar-refractivity contribution >= 4 is 34.8 Å². The van der Waals surface area contributed by atoms with Crippen molar-refractivity contribution in [1.29, 1.82) is 0 Å². The zero-order valence-corrected chi connectivity index (χ0v) is 12.2. The van der Waals surface area contributed by atoms with Crippen molar-refractivity contribution in [3.8, 4) is 0 Å². The van der Waals surface area contributed by atoms with Gasteiger partial charge in [-0.3, -0.25) is 4.79 Å². The molecule has 1 heterocycles. The Kier molecular flexibility index (Phi) is 4.16. The maximum absolute atomic E-state index is 11.9. The van der Waals surface area contributed by atoms with Crippen LogP contribution in [0.25, 0.3) is 0 Å². The van der Waals surface area contributed by atoms with E-state index in [1.54, 1.807) is 13.0 Å². The Labute approximate surface area is 120 Å². The number of hydrogen-bond donors (Lipinski definition) is 2. The van der Waals surface area contributed by atoms with E-state index in [-0.39, 0.29) is 18.2 Å². The molecule has 19 heavy (non-hydrogen) atoms. The number of thiophene rings is 1. The quantitative estimate of drug-likeness (QED) is 0.849. The molecule has 2 N–H and O–H groups in total. The molecule has 2 rings (SSSR count). The first-order valence-corrected chi connectivity index (χ1v) is 7.40. The minimum Gasteiger partial charge on any atom is -0.480 e. The molecule has 0 bridgehead atoms. The summed E-state index contributed by atoms with van der Waals surface area (Å²) in [6.45, 7) is 1.59. The summed E-state index contributed by atoms with van der Waals surface area (Å²) < 4.78 is 0.698. The summed E-state index contributed by atoms with van der Waals surface area (Å²) in [6, 6.07) is 3.68. The summed E-state index contributed by atoms with van der Waals surface area (Å²) in [5, 5.41) is 11.9. The number of nitrogens with one attached hydrogen (secondary N) is 1. The molecule has 1 saturated carbocycles. The number of carboxylic acid groups (broad SMARTS) is 1. The number of amides is 1. The summed E-state index contributed by atoms with van der Waals surface area (Å²) >= 11 is 7.26. The van der Waals surface area contributed by atoms with Gasteiger partial charge in [0.1, 0.15) is 5.54 Å². The fourth-order valence-electron chi connectivity index (χ4n) is 2.07. The molecule has 1 aromatic heterocycles. The van der Waals surface area contributed by atoms with Crippen LogP contribution in [0.2, 0.25) is 4.34 Å². The van der Waals surface area contributed by atoms with Crippen LogP contribution in [0.4, 0.5) is 0 Å². The molecule has 0 unspecified atom stereocenters. The zero-order valence-electron chi connectivity index (χ0n) is 10.6. The van der Waals surface area contributed by atoms with Gasteiger partial charge in [0.15, 0.2) is 0 Å². The predicted molar refractivity (Wildman–Crippen MR) is 74.6 cm³/mol. The van der Waals surface area contributed by atoms with Gasteiger partial charge in [-0.2, -0.15) is 0 Å². The first-order chi connectivity index (χ1) is 8.91. The Morgan fingerprint density at radius 1 is 1.53 bits per heavy atom. The lowest BCUT2D eigenvalue weighted by molar-refractivity contribution is -0.147.